The summed E-state index contributed by atoms with van der Waals surface area (Å²) in [5, 5.41) is 8.77. The minimum Gasteiger partial charge on any atom is -0.389 e. The van der Waals surface area contributed by atoms with Crippen LogP contribution in [0.1, 0.15) is 26.7 Å². The Hall–Kier alpha value is -0.560. The van der Waals surface area contributed by atoms with E-state index in [0.717, 1.165) is 6.42 Å². The van der Waals surface area contributed by atoms with Crippen molar-refractivity contribution >= 4 is 0 Å². The zero-order chi connectivity index (χ0) is 7.82. The number of aliphatic hydroxyl groups excluding tert-OH is 1. The predicted molar refractivity (Wildman–Crippen MR) is 44.9 cm³/mol. The monoisotopic (exact) mass is 140 g/mol. The van der Waals surface area contributed by atoms with Crippen molar-refractivity contribution in [3.8, 4) is 0 Å². The number of aliphatic hydroxyl groups is 1. The fourth-order valence-electron chi connectivity index (χ4n) is 0.568. The van der Waals surface area contributed by atoms with Crippen LogP contribution in [0.4, 0.5) is 0 Å². The summed E-state index contributed by atoms with van der Waals surface area (Å²) >= 11 is 0. The molecule has 1 heteroatoms. The molecule has 1 nitrogen and oxygen atoms in total. The molecule has 0 aromatic rings. The zero-order valence-corrected chi connectivity index (χ0v) is 6.75. The van der Waals surface area contributed by atoms with Crippen molar-refractivity contribution in [3.63, 3.8) is 0 Å². The van der Waals surface area contributed by atoms with Crippen LogP contribution in [0.5, 0.6) is 0 Å². The SMILES string of the molecule is CCC.OC1C=CC=CC1. The number of allylic oxidation sites excluding steroid dienone is 2. The van der Waals surface area contributed by atoms with E-state index in [1.54, 1.807) is 6.08 Å². The van der Waals surface area contributed by atoms with Crippen molar-refractivity contribution in [2.75, 3.05) is 0 Å². The Labute approximate surface area is 63.1 Å². The van der Waals surface area contributed by atoms with Crippen molar-refractivity contribution in [1.82, 2.24) is 0 Å². The van der Waals surface area contributed by atoms with E-state index in [2.05, 4.69) is 13.8 Å². The van der Waals surface area contributed by atoms with E-state index < -0.39 is 0 Å². The molecule has 1 aliphatic rings. The van der Waals surface area contributed by atoms with Crippen LogP contribution in [0.15, 0.2) is 24.3 Å². The highest BCUT2D eigenvalue weighted by atomic mass is 16.3. The van der Waals surface area contributed by atoms with Crippen molar-refractivity contribution in [3.05, 3.63) is 24.3 Å². The van der Waals surface area contributed by atoms with Gasteiger partial charge in [0.2, 0.25) is 0 Å². The van der Waals surface area contributed by atoms with Gasteiger partial charge in [-0.2, -0.15) is 0 Å². The second-order valence-corrected chi connectivity index (χ2v) is 2.32. The maximum absolute atomic E-state index is 8.77. The topological polar surface area (TPSA) is 20.2 Å². The van der Waals surface area contributed by atoms with Gasteiger partial charge in [0, 0.05) is 0 Å². The summed E-state index contributed by atoms with van der Waals surface area (Å²) in [6.45, 7) is 4.25. The Morgan fingerprint density at radius 1 is 1.40 bits per heavy atom. The standard InChI is InChI=1S/C6H8O.C3H8/c7-6-4-2-1-3-5-6;1-3-2/h1-4,6-7H,5H2;3H2,1-2H3. The summed E-state index contributed by atoms with van der Waals surface area (Å²) in [7, 11) is 0. The van der Waals surface area contributed by atoms with Crippen LogP contribution < -0.4 is 0 Å². The fraction of sp³-hybridized carbons (Fsp3) is 0.556. The van der Waals surface area contributed by atoms with Crippen molar-refractivity contribution in [2.45, 2.75) is 32.8 Å². The highest BCUT2D eigenvalue weighted by molar-refractivity contribution is 5.11. The maximum atomic E-state index is 8.77. The third-order valence-corrected chi connectivity index (χ3v) is 0.958. The van der Waals surface area contributed by atoms with Crippen LogP contribution in [-0.2, 0) is 0 Å². The fourth-order valence-corrected chi connectivity index (χ4v) is 0.568. The highest BCUT2D eigenvalue weighted by Gasteiger charge is 1.95. The number of hydrogen-bond acceptors (Lipinski definition) is 1. The smallest absolute Gasteiger partial charge is 0.0758 e. The van der Waals surface area contributed by atoms with Gasteiger partial charge < -0.3 is 5.11 Å². The number of rotatable bonds is 0. The van der Waals surface area contributed by atoms with Gasteiger partial charge in [-0.15, -0.1) is 0 Å². The summed E-state index contributed by atoms with van der Waals surface area (Å²) in [4.78, 5) is 0. The predicted octanol–water partition coefficient (Wildman–Crippen LogP) is 2.28. The van der Waals surface area contributed by atoms with Crippen LogP contribution in [0.25, 0.3) is 0 Å². The normalized spacial score (nSPS) is 21.7. The molecule has 1 atom stereocenters. The molecular formula is C9H16O. The largest absolute Gasteiger partial charge is 0.389 e. The van der Waals surface area contributed by atoms with Crippen LogP contribution in [0, 0.1) is 0 Å². The molecule has 0 heterocycles. The van der Waals surface area contributed by atoms with Crippen molar-refractivity contribution in [2.24, 2.45) is 0 Å². The Kier molecular flexibility index (Phi) is 6.19. The van der Waals surface area contributed by atoms with E-state index in [0.29, 0.717) is 0 Å². The average Bonchev–Trinajstić information content (AvgIpc) is 1.91. The summed E-state index contributed by atoms with van der Waals surface area (Å²) < 4.78 is 0. The van der Waals surface area contributed by atoms with Crippen molar-refractivity contribution < 1.29 is 5.11 Å². The second-order valence-electron chi connectivity index (χ2n) is 2.32. The highest BCUT2D eigenvalue weighted by Crippen LogP contribution is 2.00. The molecule has 0 fully saturated rings. The first-order valence-corrected chi connectivity index (χ1v) is 3.82. The van der Waals surface area contributed by atoms with E-state index in [1.165, 1.54) is 6.42 Å². The van der Waals surface area contributed by atoms with E-state index >= 15 is 0 Å². The zero-order valence-electron chi connectivity index (χ0n) is 6.75. The van der Waals surface area contributed by atoms with Crippen LogP contribution in [0.2, 0.25) is 0 Å². The lowest BCUT2D eigenvalue weighted by Crippen LogP contribution is -2.00. The molecule has 1 unspecified atom stereocenters. The quantitative estimate of drug-likeness (QED) is 0.547. The van der Waals surface area contributed by atoms with Gasteiger partial charge in [0.25, 0.3) is 0 Å². The molecule has 0 amide bonds. The molecule has 0 bridgehead atoms. The summed E-state index contributed by atoms with van der Waals surface area (Å²) in [5.41, 5.74) is 0. The maximum Gasteiger partial charge on any atom is 0.0758 e. The van der Waals surface area contributed by atoms with Gasteiger partial charge in [0.1, 0.15) is 0 Å². The summed E-state index contributed by atoms with van der Waals surface area (Å²) in [6, 6.07) is 0. The van der Waals surface area contributed by atoms with Gasteiger partial charge in [0.05, 0.1) is 6.10 Å². The van der Waals surface area contributed by atoms with E-state index in [4.69, 9.17) is 5.11 Å². The third kappa shape index (κ3) is 5.57. The number of hydrogen-bond donors (Lipinski definition) is 1. The third-order valence-electron chi connectivity index (χ3n) is 0.958. The lowest BCUT2D eigenvalue weighted by Gasteiger charge is -2.01. The Bertz CT molecular complexity index is 114. The van der Waals surface area contributed by atoms with Gasteiger partial charge in [-0.1, -0.05) is 44.6 Å². The lowest BCUT2D eigenvalue weighted by atomic mass is 10.1. The lowest BCUT2D eigenvalue weighted by molar-refractivity contribution is 0.225. The second kappa shape index (κ2) is 6.56. The molecule has 0 aromatic carbocycles. The van der Waals surface area contributed by atoms with Crippen LogP contribution >= 0.6 is 0 Å². The molecule has 0 aromatic heterocycles. The first-order valence-electron chi connectivity index (χ1n) is 3.82. The van der Waals surface area contributed by atoms with Crippen LogP contribution in [-0.4, -0.2) is 11.2 Å². The molecule has 10 heavy (non-hydrogen) atoms. The molecule has 1 aliphatic carbocycles. The molecule has 1 N–H and O–H groups in total. The summed E-state index contributed by atoms with van der Waals surface area (Å²) in [5.74, 6) is 0. The van der Waals surface area contributed by atoms with E-state index in [1.807, 2.05) is 18.2 Å². The van der Waals surface area contributed by atoms with Gasteiger partial charge in [-0.05, 0) is 6.42 Å². The minimum absolute atomic E-state index is 0.231. The Balaban J connectivity index is 0.000000236. The Morgan fingerprint density at radius 3 is 2.20 bits per heavy atom. The van der Waals surface area contributed by atoms with Gasteiger partial charge in [-0.3, -0.25) is 0 Å². The van der Waals surface area contributed by atoms with E-state index in [-0.39, 0.29) is 6.10 Å². The minimum atomic E-state index is -0.231. The molecule has 58 valence electrons. The molecular weight excluding hydrogens is 124 g/mol. The van der Waals surface area contributed by atoms with Gasteiger partial charge in [-0.25, -0.2) is 0 Å². The average molecular weight is 140 g/mol. The molecule has 1 rings (SSSR count). The van der Waals surface area contributed by atoms with Crippen molar-refractivity contribution in [1.29, 1.82) is 0 Å². The first-order chi connectivity index (χ1) is 4.81. The van der Waals surface area contributed by atoms with Gasteiger partial charge >= 0.3 is 0 Å². The first kappa shape index (κ1) is 9.44. The molecule has 0 saturated carbocycles. The van der Waals surface area contributed by atoms with Crippen LogP contribution in [0.3, 0.4) is 0 Å². The molecule has 0 radical (unpaired) electrons. The van der Waals surface area contributed by atoms with Gasteiger partial charge in [0.15, 0.2) is 0 Å². The molecule has 0 spiro atoms. The molecule has 0 saturated heterocycles. The Morgan fingerprint density at radius 2 is 2.00 bits per heavy atom. The molecule has 0 aliphatic heterocycles. The summed E-state index contributed by atoms with van der Waals surface area (Å²) in [6.07, 6.45) is 9.31. The van der Waals surface area contributed by atoms with E-state index in [9.17, 15) is 0 Å².